The fourth-order valence-electron chi connectivity index (χ4n) is 3.39. The number of rotatable bonds is 3. The van der Waals surface area contributed by atoms with Gasteiger partial charge in [-0.1, -0.05) is 36.4 Å². The van der Waals surface area contributed by atoms with Crippen LogP contribution in [0.5, 0.6) is 5.75 Å². The van der Waals surface area contributed by atoms with E-state index in [0.29, 0.717) is 18.8 Å². The van der Waals surface area contributed by atoms with Crippen molar-refractivity contribution in [3.63, 3.8) is 0 Å². The van der Waals surface area contributed by atoms with Crippen molar-refractivity contribution in [2.24, 2.45) is 0 Å². The Kier molecular flexibility index (Phi) is 4.44. The maximum atomic E-state index is 12.8. The third kappa shape index (κ3) is 3.08. The molecule has 1 amide bonds. The highest BCUT2D eigenvalue weighted by molar-refractivity contribution is 5.95. The van der Waals surface area contributed by atoms with Crippen molar-refractivity contribution in [1.82, 2.24) is 9.88 Å². The number of carbonyl (C=O) groups excluding carboxylic acids is 1. The molecule has 1 saturated heterocycles. The zero-order chi connectivity index (χ0) is 17.9. The Hall–Kier alpha value is -3.08. The SMILES string of the molecule is COc1ccccc1N1CCN(C(=O)c2ccc3ccccc3n2)CC1. The first-order valence-corrected chi connectivity index (χ1v) is 8.79. The molecule has 132 valence electrons. The van der Waals surface area contributed by atoms with Gasteiger partial charge < -0.3 is 14.5 Å². The molecular formula is C21H21N3O2. The van der Waals surface area contributed by atoms with Crippen molar-refractivity contribution < 1.29 is 9.53 Å². The summed E-state index contributed by atoms with van der Waals surface area (Å²) in [6.07, 6.45) is 0. The number of carbonyl (C=O) groups is 1. The molecular weight excluding hydrogens is 326 g/mol. The standard InChI is InChI=1S/C21H21N3O2/c1-26-20-9-5-4-8-19(20)23-12-14-24(15-13-23)21(25)18-11-10-16-6-2-3-7-17(16)22-18/h2-11H,12-15H2,1H3. The second-order valence-corrected chi connectivity index (χ2v) is 6.34. The molecule has 5 heteroatoms. The lowest BCUT2D eigenvalue weighted by Gasteiger charge is -2.36. The van der Waals surface area contributed by atoms with E-state index in [1.165, 1.54) is 0 Å². The fourth-order valence-corrected chi connectivity index (χ4v) is 3.39. The van der Waals surface area contributed by atoms with Gasteiger partial charge in [0, 0.05) is 31.6 Å². The molecule has 26 heavy (non-hydrogen) atoms. The van der Waals surface area contributed by atoms with E-state index in [1.54, 1.807) is 7.11 Å². The van der Waals surface area contributed by atoms with Crippen LogP contribution in [0.15, 0.2) is 60.7 Å². The number of benzene rings is 2. The molecule has 0 unspecified atom stereocenters. The summed E-state index contributed by atoms with van der Waals surface area (Å²) in [4.78, 5) is 21.5. The molecule has 0 radical (unpaired) electrons. The van der Waals surface area contributed by atoms with E-state index in [9.17, 15) is 4.79 Å². The summed E-state index contributed by atoms with van der Waals surface area (Å²) in [5, 5.41) is 1.05. The van der Waals surface area contributed by atoms with E-state index in [-0.39, 0.29) is 5.91 Å². The minimum atomic E-state index is -0.00423. The Morgan fingerprint density at radius 2 is 1.65 bits per heavy atom. The zero-order valence-electron chi connectivity index (χ0n) is 14.8. The Bertz CT molecular complexity index is 933. The molecule has 2 aromatic carbocycles. The van der Waals surface area contributed by atoms with E-state index in [2.05, 4.69) is 16.0 Å². The van der Waals surface area contributed by atoms with Gasteiger partial charge in [0.15, 0.2) is 0 Å². The molecule has 2 heterocycles. The summed E-state index contributed by atoms with van der Waals surface area (Å²) in [6.45, 7) is 2.90. The van der Waals surface area contributed by atoms with Crippen LogP contribution in [0, 0.1) is 0 Å². The molecule has 0 spiro atoms. The van der Waals surface area contributed by atoms with E-state index >= 15 is 0 Å². The fraction of sp³-hybridized carbons (Fsp3) is 0.238. The number of hydrogen-bond acceptors (Lipinski definition) is 4. The van der Waals surface area contributed by atoms with E-state index in [1.807, 2.05) is 59.5 Å². The van der Waals surface area contributed by atoms with E-state index < -0.39 is 0 Å². The minimum absolute atomic E-state index is 0.00423. The summed E-state index contributed by atoms with van der Waals surface area (Å²) in [6, 6.07) is 19.6. The molecule has 3 aromatic rings. The van der Waals surface area contributed by atoms with Crippen LogP contribution in [0.4, 0.5) is 5.69 Å². The number of anilines is 1. The Morgan fingerprint density at radius 1 is 0.923 bits per heavy atom. The van der Waals surface area contributed by atoms with Gasteiger partial charge >= 0.3 is 0 Å². The third-order valence-electron chi connectivity index (χ3n) is 4.81. The van der Waals surface area contributed by atoms with Gasteiger partial charge in [-0.05, 0) is 24.3 Å². The molecule has 1 fully saturated rings. The normalized spacial score (nSPS) is 14.5. The average molecular weight is 347 g/mol. The predicted molar refractivity (Wildman–Crippen MR) is 103 cm³/mol. The quantitative estimate of drug-likeness (QED) is 0.730. The van der Waals surface area contributed by atoms with Crippen molar-refractivity contribution >= 4 is 22.5 Å². The minimum Gasteiger partial charge on any atom is -0.495 e. The summed E-state index contributed by atoms with van der Waals surface area (Å²) in [5.41, 5.74) is 2.44. The molecule has 0 N–H and O–H groups in total. The van der Waals surface area contributed by atoms with Crippen molar-refractivity contribution in [3.8, 4) is 5.75 Å². The number of para-hydroxylation sites is 3. The van der Waals surface area contributed by atoms with Crippen molar-refractivity contribution in [3.05, 3.63) is 66.4 Å². The molecule has 0 bridgehead atoms. The van der Waals surface area contributed by atoms with Crippen LogP contribution in [0.3, 0.4) is 0 Å². The Morgan fingerprint density at radius 3 is 2.46 bits per heavy atom. The first-order valence-electron chi connectivity index (χ1n) is 8.79. The van der Waals surface area contributed by atoms with Gasteiger partial charge in [0.2, 0.25) is 0 Å². The highest BCUT2D eigenvalue weighted by atomic mass is 16.5. The number of pyridine rings is 1. The summed E-state index contributed by atoms with van der Waals surface area (Å²) in [5.74, 6) is 0.860. The van der Waals surface area contributed by atoms with Crippen LogP contribution in [0.25, 0.3) is 10.9 Å². The predicted octanol–water partition coefficient (Wildman–Crippen LogP) is 3.21. The number of nitrogens with zero attached hydrogens (tertiary/aromatic N) is 3. The molecule has 0 aliphatic carbocycles. The topological polar surface area (TPSA) is 45.7 Å². The molecule has 4 rings (SSSR count). The average Bonchev–Trinajstić information content (AvgIpc) is 2.73. The van der Waals surface area contributed by atoms with Gasteiger partial charge in [-0.2, -0.15) is 0 Å². The number of piperazine rings is 1. The molecule has 1 aliphatic rings. The third-order valence-corrected chi connectivity index (χ3v) is 4.81. The monoisotopic (exact) mass is 347 g/mol. The van der Waals surface area contributed by atoms with Crippen molar-refractivity contribution in [2.45, 2.75) is 0 Å². The number of aromatic nitrogens is 1. The molecule has 0 atom stereocenters. The van der Waals surface area contributed by atoms with E-state index in [4.69, 9.17) is 4.74 Å². The maximum Gasteiger partial charge on any atom is 0.272 e. The lowest BCUT2D eigenvalue weighted by atomic mass is 10.2. The highest BCUT2D eigenvalue weighted by Gasteiger charge is 2.24. The smallest absolute Gasteiger partial charge is 0.272 e. The summed E-state index contributed by atoms with van der Waals surface area (Å²) in [7, 11) is 1.68. The van der Waals surface area contributed by atoms with E-state index in [0.717, 1.165) is 35.4 Å². The van der Waals surface area contributed by atoms with Gasteiger partial charge in [-0.3, -0.25) is 4.79 Å². The Balaban J connectivity index is 1.47. The number of methoxy groups -OCH3 is 1. The second kappa shape index (κ2) is 7.04. The molecule has 5 nitrogen and oxygen atoms in total. The largest absolute Gasteiger partial charge is 0.495 e. The summed E-state index contributed by atoms with van der Waals surface area (Å²) >= 11 is 0. The molecule has 1 aromatic heterocycles. The van der Waals surface area contributed by atoms with Crippen LogP contribution in [0.1, 0.15) is 10.5 Å². The van der Waals surface area contributed by atoms with Crippen molar-refractivity contribution in [1.29, 1.82) is 0 Å². The van der Waals surface area contributed by atoms with Gasteiger partial charge in [-0.25, -0.2) is 4.98 Å². The van der Waals surface area contributed by atoms with Gasteiger partial charge in [-0.15, -0.1) is 0 Å². The maximum absolute atomic E-state index is 12.8. The number of fused-ring (bicyclic) bond motifs is 1. The van der Waals surface area contributed by atoms with Gasteiger partial charge in [0.1, 0.15) is 11.4 Å². The molecule has 0 saturated carbocycles. The van der Waals surface area contributed by atoms with Crippen molar-refractivity contribution in [2.75, 3.05) is 38.2 Å². The van der Waals surface area contributed by atoms with Crippen LogP contribution >= 0.6 is 0 Å². The summed E-state index contributed by atoms with van der Waals surface area (Å²) < 4.78 is 5.45. The number of hydrogen-bond donors (Lipinski definition) is 0. The number of ether oxygens (including phenoxy) is 1. The highest BCUT2D eigenvalue weighted by Crippen LogP contribution is 2.28. The molecule has 1 aliphatic heterocycles. The first kappa shape index (κ1) is 16.4. The van der Waals surface area contributed by atoms with Gasteiger partial charge in [0.05, 0.1) is 18.3 Å². The van der Waals surface area contributed by atoms with Crippen LogP contribution in [0.2, 0.25) is 0 Å². The van der Waals surface area contributed by atoms with Crippen LogP contribution in [-0.2, 0) is 0 Å². The second-order valence-electron chi connectivity index (χ2n) is 6.34. The lowest BCUT2D eigenvalue weighted by Crippen LogP contribution is -2.49. The van der Waals surface area contributed by atoms with Crippen LogP contribution < -0.4 is 9.64 Å². The lowest BCUT2D eigenvalue weighted by molar-refractivity contribution is 0.0741. The first-order chi connectivity index (χ1) is 12.8. The van der Waals surface area contributed by atoms with Gasteiger partial charge in [0.25, 0.3) is 5.91 Å². The number of amides is 1. The zero-order valence-corrected chi connectivity index (χ0v) is 14.8. The van der Waals surface area contributed by atoms with Crippen LogP contribution in [-0.4, -0.2) is 49.1 Å². The Labute approximate surface area is 152 Å².